The quantitative estimate of drug-likeness (QED) is 0.712. The first-order valence-electron chi connectivity index (χ1n) is 7.61. The molecule has 3 heteroatoms. The number of carbonyl (C=O) groups is 1. The van der Waals surface area contributed by atoms with Crippen molar-refractivity contribution in [1.82, 2.24) is 5.32 Å². The van der Waals surface area contributed by atoms with Gasteiger partial charge in [0.15, 0.2) is 0 Å². The summed E-state index contributed by atoms with van der Waals surface area (Å²) in [5.41, 5.74) is 0. The lowest BCUT2D eigenvalue weighted by molar-refractivity contribution is -0.123. The molecule has 0 aliphatic heterocycles. The Morgan fingerprint density at radius 1 is 1.28 bits per heavy atom. The van der Waals surface area contributed by atoms with E-state index in [0.29, 0.717) is 17.7 Å². The number of hydrogen-bond acceptors (Lipinski definition) is 1. The fraction of sp³-hybridized carbons (Fsp3) is 0.933. The summed E-state index contributed by atoms with van der Waals surface area (Å²) in [4.78, 5) is 12.2. The normalized spacial score (nSPS) is 31.6. The molecule has 1 amide bonds. The van der Waals surface area contributed by atoms with Crippen LogP contribution in [0.4, 0.5) is 0 Å². The molecule has 0 aromatic heterocycles. The second-order valence-electron chi connectivity index (χ2n) is 6.02. The molecule has 2 saturated carbocycles. The molecule has 104 valence electrons. The van der Waals surface area contributed by atoms with E-state index in [4.69, 9.17) is 0 Å². The monoisotopic (exact) mass is 315 g/mol. The van der Waals surface area contributed by atoms with Crippen molar-refractivity contribution >= 4 is 21.8 Å². The van der Waals surface area contributed by atoms with E-state index in [1.54, 1.807) is 0 Å². The lowest BCUT2D eigenvalue weighted by Crippen LogP contribution is -2.31. The summed E-state index contributed by atoms with van der Waals surface area (Å²) < 4.78 is 0. The van der Waals surface area contributed by atoms with Gasteiger partial charge in [-0.25, -0.2) is 0 Å². The zero-order valence-electron chi connectivity index (χ0n) is 11.5. The second-order valence-corrected chi connectivity index (χ2v) is 6.81. The van der Waals surface area contributed by atoms with Crippen LogP contribution in [0.15, 0.2) is 0 Å². The Hall–Kier alpha value is -0.0500. The lowest BCUT2D eigenvalue weighted by atomic mass is 10.0. The van der Waals surface area contributed by atoms with Crippen molar-refractivity contribution in [1.29, 1.82) is 0 Å². The van der Waals surface area contributed by atoms with Gasteiger partial charge in [0.25, 0.3) is 0 Å². The Balaban J connectivity index is 1.71. The van der Waals surface area contributed by atoms with Gasteiger partial charge in [0, 0.05) is 17.8 Å². The maximum Gasteiger partial charge on any atom is 0.223 e. The van der Waals surface area contributed by atoms with Gasteiger partial charge in [0.1, 0.15) is 0 Å². The van der Waals surface area contributed by atoms with Crippen LogP contribution in [-0.2, 0) is 4.79 Å². The number of rotatable bonds is 7. The Kier molecular flexibility index (Phi) is 5.53. The SMILES string of the molecule is CCCC(CCBr)CNC(=O)C1C2CCCCC21. The third-order valence-corrected chi connectivity index (χ3v) is 5.20. The Labute approximate surface area is 119 Å². The van der Waals surface area contributed by atoms with Crippen LogP contribution in [0.2, 0.25) is 0 Å². The first-order chi connectivity index (χ1) is 8.77. The first kappa shape index (κ1) is 14.4. The van der Waals surface area contributed by atoms with Crippen LogP contribution in [0.5, 0.6) is 0 Å². The minimum atomic E-state index is 0.350. The van der Waals surface area contributed by atoms with E-state index in [1.807, 2.05) is 0 Å². The molecule has 18 heavy (non-hydrogen) atoms. The molecule has 2 nitrogen and oxygen atoms in total. The molecule has 2 rings (SSSR count). The molecule has 0 saturated heterocycles. The summed E-state index contributed by atoms with van der Waals surface area (Å²) >= 11 is 3.51. The smallest absolute Gasteiger partial charge is 0.223 e. The van der Waals surface area contributed by atoms with Crippen LogP contribution < -0.4 is 5.32 Å². The highest BCUT2D eigenvalue weighted by Gasteiger charge is 2.54. The summed E-state index contributed by atoms with van der Waals surface area (Å²) in [6.07, 6.45) is 8.88. The summed E-state index contributed by atoms with van der Waals surface area (Å²) in [5.74, 6) is 2.85. The lowest BCUT2D eigenvalue weighted by Gasteiger charge is -2.15. The minimum Gasteiger partial charge on any atom is -0.356 e. The molecule has 2 fully saturated rings. The number of alkyl halides is 1. The van der Waals surface area contributed by atoms with Gasteiger partial charge in [-0.15, -0.1) is 0 Å². The molecule has 1 N–H and O–H groups in total. The Morgan fingerprint density at radius 2 is 1.94 bits per heavy atom. The third-order valence-electron chi connectivity index (χ3n) is 4.74. The van der Waals surface area contributed by atoms with Gasteiger partial charge >= 0.3 is 0 Å². The van der Waals surface area contributed by atoms with Gasteiger partial charge in [0.05, 0.1) is 0 Å². The topological polar surface area (TPSA) is 29.1 Å². The van der Waals surface area contributed by atoms with E-state index in [9.17, 15) is 4.79 Å². The van der Waals surface area contributed by atoms with Gasteiger partial charge in [0.2, 0.25) is 5.91 Å². The van der Waals surface area contributed by atoms with Crippen molar-refractivity contribution < 1.29 is 4.79 Å². The standard InChI is InChI=1S/C15H26BrNO/c1-2-5-11(8-9-16)10-17-15(18)14-12-6-3-4-7-13(12)14/h11-14H,2-10H2,1H3,(H,17,18). The van der Waals surface area contributed by atoms with Crippen LogP contribution in [0, 0.1) is 23.7 Å². The molecule has 0 spiro atoms. The van der Waals surface area contributed by atoms with Gasteiger partial charge in [-0.1, -0.05) is 42.1 Å². The molecule has 0 aromatic carbocycles. The fourth-order valence-electron chi connectivity index (χ4n) is 3.66. The van der Waals surface area contributed by atoms with Gasteiger partial charge in [-0.05, 0) is 43.4 Å². The number of carbonyl (C=O) groups excluding carboxylic acids is 1. The summed E-state index contributed by atoms with van der Waals surface area (Å²) in [5, 5.41) is 4.25. The molecule has 0 radical (unpaired) electrons. The second kappa shape index (κ2) is 6.93. The number of hydrogen-bond donors (Lipinski definition) is 1. The maximum atomic E-state index is 12.2. The molecule has 0 heterocycles. The van der Waals surface area contributed by atoms with Crippen LogP contribution in [0.25, 0.3) is 0 Å². The Bertz CT molecular complexity index is 264. The van der Waals surface area contributed by atoms with E-state index in [0.717, 1.165) is 23.7 Å². The van der Waals surface area contributed by atoms with Crippen LogP contribution in [0.1, 0.15) is 51.9 Å². The van der Waals surface area contributed by atoms with Crippen LogP contribution >= 0.6 is 15.9 Å². The van der Waals surface area contributed by atoms with Crippen molar-refractivity contribution in [2.75, 3.05) is 11.9 Å². The zero-order chi connectivity index (χ0) is 13.0. The molecule has 0 bridgehead atoms. The number of halogens is 1. The highest BCUT2D eigenvalue weighted by atomic mass is 79.9. The molecule has 3 unspecified atom stereocenters. The number of amides is 1. The summed E-state index contributed by atoms with van der Waals surface area (Å²) in [6.45, 7) is 3.10. The van der Waals surface area contributed by atoms with Crippen LogP contribution in [0.3, 0.4) is 0 Å². The van der Waals surface area contributed by atoms with Crippen LogP contribution in [-0.4, -0.2) is 17.8 Å². The summed E-state index contributed by atoms with van der Waals surface area (Å²) in [7, 11) is 0. The number of fused-ring (bicyclic) bond motifs is 1. The van der Waals surface area contributed by atoms with Crippen molar-refractivity contribution in [2.24, 2.45) is 23.7 Å². The molecule has 3 atom stereocenters. The van der Waals surface area contributed by atoms with E-state index in [1.165, 1.54) is 44.9 Å². The fourth-order valence-corrected chi connectivity index (χ4v) is 4.30. The van der Waals surface area contributed by atoms with Gasteiger partial charge < -0.3 is 5.32 Å². The molecule has 0 aromatic rings. The zero-order valence-corrected chi connectivity index (χ0v) is 13.0. The molecule has 2 aliphatic carbocycles. The Morgan fingerprint density at radius 3 is 2.50 bits per heavy atom. The van der Waals surface area contributed by atoms with Crippen molar-refractivity contribution in [3.05, 3.63) is 0 Å². The van der Waals surface area contributed by atoms with Gasteiger partial charge in [-0.2, -0.15) is 0 Å². The molecule has 2 aliphatic rings. The highest BCUT2D eigenvalue weighted by Crippen LogP contribution is 2.55. The van der Waals surface area contributed by atoms with E-state index >= 15 is 0 Å². The van der Waals surface area contributed by atoms with Gasteiger partial charge in [-0.3, -0.25) is 4.79 Å². The predicted molar refractivity (Wildman–Crippen MR) is 78.8 cm³/mol. The summed E-state index contributed by atoms with van der Waals surface area (Å²) in [6, 6.07) is 0. The van der Waals surface area contributed by atoms with Crippen molar-refractivity contribution in [2.45, 2.75) is 51.9 Å². The van der Waals surface area contributed by atoms with Crippen molar-refractivity contribution in [3.8, 4) is 0 Å². The van der Waals surface area contributed by atoms with Crippen molar-refractivity contribution in [3.63, 3.8) is 0 Å². The molecular weight excluding hydrogens is 290 g/mol. The molecular formula is C15H26BrNO. The predicted octanol–water partition coefficient (Wildman–Crippen LogP) is 3.74. The van der Waals surface area contributed by atoms with E-state index in [-0.39, 0.29) is 0 Å². The maximum absolute atomic E-state index is 12.2. The largest absolute Gasteiger partial charge is 0.356 e. The highest BCUT2D eigenvalue weighted by molar-refractivity contribution is 9.09. The minimum absolute atomic E-state index is 0.350. The first-order valence-corrected chi connectivity index (χ1v) is 8.73. The average Bonchev–Trinajstić information content (AvgIpc) is 3.10. The van der Waals surface area contributed by atoms with E-state index in [2.05, 4.69) is 28.2 Å². The number of nitrogens with one attached hydrogen (secondary N) is 1. The van der Waals surface area contributed by atoms with E-state index < -0.39 is 0 Å². The third kappa shape index (κ3) is 3.49. The average molecular weight is 316 g/mol.